The second-order valence-corrected chi connectivity index (χ2v) is 30.2. The van der Waals surface area contributed by atoms with Crippen molar-refractivity contribution in [3.63, 3.8) is 0 Å². The minimum absolute atomic E-state index is 0.000326. The van der Waals surface area contributed by atoms with Crippen LogP contribution in [0.15, 0.2) is 147 Å². The summed E-state index contributed by atoms with van der Waals surface area (Å²) in [6.07, 6.45) is 36.6. The standard InChI is InChI=1S/C30H36N6O2.C28H34N6O2.C24H26N4O3/c1-19-2-3-20(30(37)34-22-4-5-22)10-26(19)21-12-32-36(15-21)25-11-24(13-31-14-25)33-23-6-8-35(9-7-23)16-27-28-17-38-18-29(27)28;1-19-2-3-20(28(35)32-22-4-5-22)12-27(19)21-14-30-34(17-21)26-13-24(15-29-16-26)31-23-6-9-33(10-7-23)25-8-11-36-18-25;1-16-2-3-17(24(29)27-19-4-5-19)10-23(16)18-12-26-28(15-18)20-11-22(14-25-13-20)31-21-6-8-30-9-7-21/h2-3,10-15,22-23,27-29,33H,4-9,16-18H2,1H3,(H,34,37);2-3,12-17,22-23,25,31H,4-11,18H2,1H3,(H,32,35);2-3,10-15,19,21H,4-9H2,1H3,(H,27,29). The number of hydrogen-bond donors (Lipinski definition) is 5. The normalized spacial score (nSPS) is 21.3. The van der Waals surface area contributed by atoms with Crippen molar-refractivity contribution in [1.29, 1.82) is 0 Å². The molecule has 3 atom stereocenters. The maximum absolute atomic E-state index is 12.6. The van der Waals surface area contributed by atoms with Gasteiger partial charge in [0.05, 0.1) is 117 Å². The first-order valence-electron chi connectivity index (χ1n) is 38.0. The Bertz CT molecular complexity index is 4520. The fourth-order valence-electron chi connectivity index (χ4n) is 15.2. The number of amides is 3. The van der Waals surface area contributed by atoms with Crippen LogP contribution in [0.3, 0.4) is 0 Å². The van der Waals surface area contributed by atoms with Crippen LogP contribution in [0, 0.1) is 38.5 Å². The van der Waals surface area contributed by atoms with E-state index in [4.69, 9.17) is 18.9 Å². The van der Waals surface area contributed by atoms with Crippen LogP contribution in [0.1, 0.15) is 131 Å². The largest absolute Gasteiger partial charge is 0.489 e. The Balaban J connectivity index is 0.000000122. The smallest absolute Gasteiger partial charge is 0.251 e. The van der Waals surface area contributed by atoms with Crippen molar-refractivity contribution in [2.75, 3.05) is 83.0 Å². The molecule has 546 valence electrons. The summed E-state index contributed by atoms with van der Waals surface area (Å²) < 4.78 is 28.1. The molecule has 0 radical (unpaired) electrons. The van der Waals surface area contributed by atoms with E-state index in [0.29, 0.717) is 52.9 Å². The Morgan fingerprint density at radius 1 is 0.438 bits per heavy atom. The van der Waals surface area contributed by atoms with Gasteiger partial charge in [-0.1, -0.05) is 18.2 Å². The van der Waals surface area contributed by atoms with Crippen molar-refractivity contribution in [2.24, 2.45) is 17.8 Å². The van der Waals surface area contributed by atoms with Gasteiger partial charge in [0.1, 0.15) is 11.9 Å². The summed E-state index contributed by atoms with van der Waals surface area (Å²) >= 11 is 0. The van der Waals surface area contributed by atoms with E-state index in [2.05, 4.69) is 92.6 Å². The molecule has 5 aliphatic heterocycles. The number of pyridine rings is 3. The lowest BCUT2D eigenvalue weighted by Gasteiger charge is -2.35. The Hall–Kier alpha value is -9.65. The number of carbonyl (C=O) groups excluding carboxylic acids is 3. The molecule has 5 N–H and O–H groups in total. The van der Waals surface area contributed by atoms with Crippen LogP contribution in [-0.4, -0.2) is 187 Å². The topological polar surface area (TPSA) is 247 Å². The average molecular weight is 1420 g/mol. The van der Waals surface area contributed by atoms with Crippen LogP contribution in [0.4, 0.5) is 11.4 Å². The maximum Gasteiger partial charge on any atom is 0.251 e. The van der Waals surface area contributed by atoms with Crippen LogP contribution >= 0.6 is 0 Å². The highest BCUT2D eigenvalue weighted by molar-refractivity contribution is 5.97. The van der Waals surface area contributed by atoms with Crippen LogP contribution in [0.25, 0.3) is 50.4 Å². The second kappa shape index (κ2) is 31.6. The van der Waals surface area contributed by atoms with Crippen molar-refractivity contribution in [2.45, 2.75) is 147 Å². The van der Waals surface area contributed by atoms with E-state index in [1.807, 2.05) is 139 Å². The first-order chi connectivity index (χ1) is 51.4. The van der Waals surface area contributed by atoms with Crippen LogP contribution in [0.2, 0.25) is 0 Å². The molecule has 9 aromatic rings. The van der Waals surface area contributed by atoms with E-state index >= 15 is 0 Å². The predicted octanol–water partition coefficient (Wildman–Crippen LogP) is 11.4. The number of fused-ring (bicyclic) bond motifs is 1. The summed E-state index contributed by atoms with van der Waals surface area (Å²) in [6.45, 7) is 17.2. The highest BCUT2D eigenvalue weighted by atomic mass is 16.5. The van der Waals surface area contributed by atoms with Gasteiger partial charge >= 0.3 is 0 Å². The van der Waals surface area contributed by atoms with Gasteiger partial charge in [-0.15, -0.1) is 0 Å². The number of aryl methyl sites for hydroxylation is 3. The van der Waals surface area contributed by atoms with Gasteiger partial charge in [0, 0.05) is 146 Å². The zero-order chi connectivity index (χ0) is 71.3. The van der Waals surface area contributed by atoms with E-state index in [1.54, 1.807) is 17.1 Å². The maximum atomic E-state index is 12.6. The molecule has 4 aliphatic carbocycles. The van der Waals surface area contributed by atoms with Gasteiger partial charge in [0.25, 0.3) is 17.7 Å². The number of aromatic nitrogens is 9. The zero-order valence-corrected chi connectivity index (χ0v) is 60.4. The Morgan fingerprint density at radius 3 is 1.30 bits per heavy atom. The Kier molecular flexibility index (Phi) is 21.0. The quantitative estimate of drug-likeness (QED) is 0.0449. The molecule has 9 aliphatic rings. The van der Waals surface area contributed by atoms with E-state index in [9.17, 15) is 14.4 Å². The molecule has 23 nitrogen and oxygen atoms in total. The van der Waals surface area contributed by atoms with Gasteiger partial charge in [-0.2, -0.15) is 15.3 Å². The first kappa shape index (κ1) is 69.7. The number of rotatable bonds is 21. The number of likely N-dealkylation sites (tertiary alicyclic amines) is 2. The number of benzene rings is 3. The summed E-state index contributed by atoms with van der Waals surface area (Å²) in [5.41, 5.74) is 16.0. The molecule has 18 rings (SSSR count). The predicted molar refractivity (Wildman–Crippen MR) is 402 cm³/mol. The van der Waals surface area contributed by atoms with Gasteiger partial charge in [-0.05, 0) is 191 Å². The number of anilines is 2. The second-order valence-electron chi connectivity index (χ2n) is 30.2. The SMILES string of the molecule is Cc1ccc(C(=O)NC2CC2)cc1-c1cnn(-c2cncc(NC3CCN(C4CCOC4)CC3)c2)c1.Cc1ccc(C(=O)NC2CC2)cc1-c1cnn(-c2cncc(NC3CCN(CC4C5COCC54)CC3)c2)c1.Cc1ccc(C(=O)NC2CC2)cc1-c1cnn(-c2cncc(OC3CCOCC3)c2)c1. The van der Waals surface area contributed by atoms with Gasteiger partial charge < -0.3 is 50.4 Å². The molecule has 5 saturated heterocycles. The number of nitrogens with zero attached hydrogens (tertiary/aromatic N) is 11. The average Bonchev–Trinajstić information content (AvgIpc) is 1.60. The van der Waals surface area contributed by atoms with Gasteiger partial charge in [-0.25, -0.2) is 14.0 Å². The van der Waals surface area contributed by atoms with E-state index in [-0.39, 0.29) is 23.8 Å². The van der Waals surface area contributed by atoms with Gasteiger partial charge in [0.2, 0.25) is 0 Å². The fourth-order valence-corrected chi connectivity index (χ4v) is 15.2. The molecule has 11 heterocycles. The Labute approximate surface area is 613 Å². The summed E-state index contributed by atoms with van der Waals surface area (Å²) in [5.74, 6) is 3.26. The number of hydrogen-bond acceptors (Lipinski definition) is 17. The molecule has 3 aromatic carbocycles. The van der Waals surface area contributed by atoms with Gasteiger partial charge in [-0.3, -0.25) is 34.2 Å². The highest BCUT2D eigenvalue weighted by Crippen LogP contribution is 2.51. The molecule has 105 heavy (non-hydrogen) atoms. The van der Waals surface area contributed by atoms with Crippen molar-refractivity contribution in [1.82, 2.24) is 70.0 Å². The van der Waals surface area contributed by atoms with E-state index in [0.717, 1.165) is 251 Å². The number of nitrogens with one attached hydrogen (secondary N) is 5. The number of piperidine rings is 2. The third-order valence-corrected chi connectivity index (χ3v) is 22.2. The molecular weight excluding hydrogens is 1320 g/mol. The van der Waals surface area contributed by atoms with Crippen LogP contribution in [-0.2, 0) is 14.2 Å². The minimum atomic E-state index is -0.0155. The fraction of sp³-hybridized carbons (Fsp3) is 0.451. The van der Waals surface area contributed by atoms with Crippen LogP contribution < -0.4 is 31.3 Å². The van der Waals surface area contributed by atoms with E-state index < -0.39 is 0 Å². The lowest BCUT2D eigenvalue weighted by Crippen LogP contribution is -2.44. The summed E-state index contributed by atoms with van der Waals surface area (Å²) in [7, 11) is 0. The Morgan fingerprint density at radius 2 is 0.867 bits per heavy atom. The highest BCUT2D eigenvalue weighted by Gasteiger charge is 2.54. The molecule has 9 fully saturated rings. The number of carbonyl (C=O) groups is 3. The molecule has 3 amide bonds. The molecule has 0 spiro atoms. The monoisotopic (exact) mass is 1420 g/mol. The molecule has 4 saturated carbocycles. The molecule has 6 aromatic heterocycles. The summed E-state index contributed by atoms with van der Waals surface area (Å²) in [6, 6.07) is 26.3. The molecule has 0 bridgehead atoms. The van der Waals surface area contributed by atoms with Crippen molar-refractivity contribution in [3.05, 3.63) is 181 Å². The third kappa shape index (κ3) is 17.5. The summed E-state index contributed by atoms with van der Waals surface area (Å²) in [5, 5.41) is 30.4. The molecule has 3 unspecified atom stereocenters. The van der Waals surface area contributed by atoms with Crippen molar-refractivity contribution in [3.8, 4) is 56.2 Å². The van der Waals surface area contributed by atoms with Crippen molar-refractivity contribution < 1.29 is 33.3 Å². The lowest BCUT2D eigenvalue weighted by molar-refractivity contribution is 0.0254. The number of ether oxygens (including phenoxy) is 4. The van der Waals surface area contributed by atoms with E-state index in [1.165, 1.54) is 6.54 Å². The lowest BCUT2D eigenvalue weighted by atomic mass is 10.0. The third-order valence-electron chi connectivity index (χ3n) is 22.2. The zero-order valence-electron chi connectivity index (χ0n) is 60.4. The first-order valence-corrected chi connectivity index (χ1v) is 38.0. The molecule has 23 heteroatoms. The van der Waals surface area contributed by atoms with Crippen LogP contribution in [0.5, 0.6) is 5.75 Å². The molecular formula is C82H96N16O7. The minimum Gasteiger partial charge on any atom is -0.489 e. The van der Waals surface area contributed by atoms with Gasteiger partial charge in [0.15, 0.2) is 0 Å². The van der Waals surface area contributed by atoms with Crippen molar-refractivity contribution >= 4 is 29.1 Å². The summed E-state index contributed by atoms with van der Waals surface area (Å²) in [4.78, 5) is 56.1.